The van der Waals surface area contributed by atoms with Gasteiger partial charge in [-0.05, 0) is 32.1 Å². The molecule has 13 heavy (non-hydrogen) atoms. The van der Waals surface area contributed by atoms with Gasteiger partial charge in [0.05, 0.1) is 5.60 Å². The maximum Gasteiger partial charge on any atom is 0.0746 e. The van der Waals surface area contributed by atoms with E-state index in [1.165, 1.54) is 18.1 Å². The van der Waals surface area contributed by atoms with Crippen molar-refractivity contribution in [2.24, 2.45) is 0 Å². The second kappa shape index (κ2) is 5.23. The van der Waals surface area contributed by atoms with Crippen LogP contribution in [0.5, 0.6) is 0 Å². The van der Waals surface area contributed by atoms with E-state index in [1.807, 2.05) is 18.7 Å². The van der Waals surface area contributed by atoms with Gasteiger partial charge in [-0.25, -0.2) is 0 Å². The fraction of sp³-hybridized carbons (Fsp3) is 1.00. The maximum atomic E-state index is 9.85. The highest BCUT2D eigenvalue weighted by Crippen LogP contribution is 2.20. The molecule has 0 aromatic heterocycles. The molecule has 0 aromatic carbocycles. The number of β-amino-alcohol motifs (C(OH)–C–C–N with tert-alkyl or cyclic N) is 1. The fourth-order valence-electron chi connectivity index (χ4n) is 1.85. The van der Waals surface area contributed by atoms with Crippen molar-refractivity contribution in [3.63, 3.8) is 0 Å². The largest absolute Gasteiger partial charge is 0.389 e. The Morgan fingerprint density at radius 3 is 2.92 bits per heavy atom. The van der Waals surface area contributed by atoms with Crippen LogP contribution in [0.1, 0.15) is 26.7 Å². The number of likely N-dealkylation sites (tertiary alicyclic amines) is 1. The molecular weight excluding hydrogens is 182 g/mol. The molecule has 1 aliphatic rings. The van der Waals surface area contributed by atoms with E-state index in [0.717, 1.165) is 25.9 Å². The predicted molar refractivity (Wildman–Crippen MR) is 59.3 cm³/mol. The summed E-state index contributed by atoms with van der Waals surface area (Å²) in [6.07, 6.45) is 2.11. The highest BCUT2D eigenvalue weighted by molar-refractivity contribution is 7.99. The molecule has 2 nitrogen and oxygen atoms in total. The molecule has 0 aromatic rings. The zero-order valence-electron chi connectivity index (χ0n) is 8.75. The molecule has 1 heterocycles. The molecule has 3 heteroatoms. The molecule has 0 saturated carbocycles. The smallest absolute Gasteiger partial charge is 0.0746 e. The van der Waals surface area contributed by atoms with Crippen LogP contribution in [0.2, 0.25) is 0 Å². The third-order valence-corrected chi connectivity index (χ3v) is 3.39. The Hall–Kier alpha value is 0.270. The first-order chi connectivity index (χ1) is 6.14. The quantitative estimate of drug-likeness (QED) is 0.702. The second-order valence-electron chi connectivity index (χ2n) is 4.07. The average molecular weight is 203 g/mol. The van der Waals surface area contributed by atoms with E-state index >= 15 is 0 Å². The minimum Gasteiger partial charge on any atom is -0.389 e. The number of piperidine rings is 1. The van der Waals surface area contributed by atoms with Gasteiger partial charge in [-0.3, -0.25) is 4.90 Å². The lowest BCUT2D eigenvalue weighted by Crippen LogP contribution is -2.46. The lowest BCUT2D eigenvalue weighted by molar-refractivity contribution is -0.0133. The van der Waals surface area contributed by atoms with Crippen LogP contribution in [0, 0.1) is 0 Å². The molecule has 0 spiro atoms. The summed E-state index contributed by atoms with van der Waals surface area (Å²) in [6.45, 7) is 7.30. The maximum absolute atomic E-state index is 9.85. The summed E-state index contributed by atoms with van der Waals surface area (Å²) in [5.74, 6) is 2.40. The summed E-state index contributed by atoms with van der Waals surface area (Å²) in [7, 11) is 0. The first-order valence-electron chi connectivity index (χ1n) is 5.16. The fourth-order valence-corrected chi connectivity index (χ4v) is 2.53. The molecule has 1 unspecified atom stereocenters. The zero-order chi connectivity index (χ0) is 9.73. The molecule has 78 valence electrons. The van der Waals surface area contributed by atoms with E-state index in [4.69, 9.17) is 0 Å². The van der Waals surface area contributed by atoms with Crippen LogP contribution >= 0.6 is 11.8 Å². The van der Waals surface area contributed by atoms with Gasteiger partial charge in [-0.2, -0.15) is 11.8 Å². The predicted octanol–water partition coefficient (Wildman–Crippen LogP) is 1.59. The van der Waals surface area contributed by atoms with Crippen molar-refractivity contribution >= 4 is 11.8 Å². The van der Waals surface area contributed by atoms with Crippen molar-refractivity contribution in [1.82, 2.24) is 4.90 Å². The van der Waals surface area contributed by atoms with Crippen molar-refractivity contribution in [2.45, 2.75) is 32.3 Å². The number of rotatable bonds is 4. The highest BCUT2D eigenvalue weighted by atomic mass is 32.2. The Labute approximate surface area is 85.7 Å². The third-order valence-electron chi connectivity index (χ3n) is 2.51. The van der Waals surface area contributed by atoms with Crippen LogP contribution in [0.15, 0.2) is 0 Å². The standard InChI is InChI=1S/C10H21NOS/c1-3-13-8-7-11-6-4-5-10(2,12)9-11/h12H,3-9H2,1-2H3. The number of thioether (sulfide) groups is 1. The Balaban J connectivity index is 2.19. The van der Waals surface area contributed by atoms with E-state index < -0.39 is 5.60 Å². The van der Waals surface area contributed by atoms with Crippen molar-refractivity contribution in [2.75, 3.05) is 31.1 Å². The molecule has 0 bridgehead atoms. The van der Waals surface area contributed by atoms with Gasteiger partial charge in [0, 0.05) is 18.8 Å². The van der Waals surface area contributed by atoms with Gasteiger partial charge < -0.3 is 5.11 Å². The number of hydrogen-bond acceptors (Lipinski definition) is 3. The van der Waals surface area contributed by atoms with Gasteiger partial charge in [-0.1, -0.05) is 6.92 Å². The SMILES string of the molecule is CCSCCN1CCCC(C)(O)C1. The first kappa shape index (κ1) is 11.3. The summed E-state index contributed by atoms with van der Waals surface area (Å²) in [5, 5.41) is 9.85. The molecule has 1 N–H and O–H groups in total. The molecular formula is C10H21NOS. The van der Waals surface area contributed by atoms with Crippen LogP contribution in [0.25, 0.3) is 0 Å². The topological polar surface area (TPSA) is 23.5 Å². The summed E-state index contributed by atoms with van der Waals surface area (Å²) in [6, 6.07) is 0. The minimum absolute atomic E-state index is 0.435. The van der Waals surface area contributed by atoms with E-state index in [-0.39, 0.29) is 0 Å². The Morgan fingerprint density at radius 2 is 2.31 bits per heavy atom. The summed E-state index contributed by atoms with van der Waals surface area (Å²) < 4.78 is 0. The van der Waals surface area contributed by atoms with Crippen LogP contribution in [0.3, 0.4) is 0 Å². The number of hydrogen-bond donors (Lipinski definition) is 1. The molecule has 0 amide bonds. The molecule has 1 saturated heterocycles. The molecule has 1 fully saturated rings. The van der Waals surface area contributed by atoms with Gasteiger partial charge in [0.25, 0.3) is 0 Å². The minimum atomic E-state index is -0.435. The van der Waals surface area contributed by atoms with E-state index in [1.54, 1.807) is 0 Å². The van der Waals surface area contributed by atoms with Crippen molar-refractivity contribution in [3.05, 3.63) is 0 Å². The van der Waals surface area contributed by atoms with Crippen molar-refractivity contribution in [3.8, 4) is 0 Å². The summed E-state index contributed by atoms with van der Waals surface area (Å²) >= 11 is 1.98. The third kappa shape index (κ3) is 4.34. The molecule has 1 aliphatic heterocycles. The number of aliphatic hydroxyl groups is 1. The van der Waals surface area contributed by atoms with Gasteiger partial charge in [0.1, 0.15) is 0 Å². The van der Waals surface area contributed by atoms with Crippen molar-refractivity contribution in [1.29, 1.82) is 0 Å². The average Bonchev–Trinajstić information content (AvgIpc) is 2.03. The molecule has 1 rings (SSSR count). The Bertz CT molecular complexity index is 150. The Kier molecular flexibility index (Phi) is 4.56. The Morgan fingerprint density at radius 1 is 1.54 bits per heavy atom. The van der Waals surface area contributed by atoms with Crippen LogP contribution < -0.4 is 0 Å². The van der Waals surface area contributed by atoms with E-state index in [0.29, 0.717) is 0 Å². The first-order valence-corrected chi connectivity index (χ1v) is 6.32. The monoisotopic (exact) mass is 203 g/mol. The van der Waals surface area contributed by atoms with Gasteiger partial charge in [0.15, 0.2) is 0 Å². The lowest BCUT2D eigenvalue weighted by Gasteiger charge is -2.36. The van der Waals surface area contributed by atoms with Crippen LogP contribution in [-0.4, -0.2) is 46.7 Å². The second-order valence-corrected chi connectivity index (χ2v) is 5.47. The highest BCUT2D eigenvalue weighted by Gasteiger charge is 2.27. The van der Waals surface area contributed by atoms with Gasteiger partial charge in [-0.15, -0.1) is 0 Å². The van der Waals surface area contributed by atoms with Crippen molar-refractivity contribution < 1.29 is 5.11 Å². The summed E-state index contributed by atoms with van der Waals surface area (Å²) in [4.78, 5) is 2.38. The molecule has 0 aliphatic carbocycles. The van der Waals surface area contributed by atoms with Gasteiger partial charge >= 0.3 is 0 Å². The van der Waals surface area contributed by atoms with Crippen LogP contribution in [-0.2, 0) is 0 Å². The normalized spacial score (nSPS) is 30.7. The number of nitrogens with zero attached hydrogens (tertiary/aromatic N) is 1. The molecule has 0 radical (unpaired) electrons. The summed E-state index contributed by atoms with van der Waals surface area (Å²) in [5.41, 5.74) is -0.435. The zero-order valence-corrected chi connectivity index (χ0v) is 9.57. The van der Waals surface area contributed by atoms with E-state index in [9.17, 15) is 5.11 Å². The van der Waals surface area contributed by atoms with Crippen LogP contribution in [0.4, 0.5) is 0 Å². The van der Waals surface area contributed by atoms with E-state index in [2.05, 4.69) is 11.8 Å². The van der Waals surface area contributed by atoms with Gasteiger partial charge in [0.2, 0.25) is 0 Å². The molecule has 1 atom stereocenters. The lowest BCUT2D eigenvalue weighted by atomic mass is 9.95.